The normalized spacial score (nSPS) is 13.2. The summed E-state index contributed by atoms with van der Waals surface area (Å²) in [6.07, 6.45) is 0. The topological polar surface area (TPSA) is 121 Å². The maximum Gasteiger partial charge on any atom is 0.127 e. The predicted octanol–water partition coefficient (Wildman–Crippen LogP) is 5.34. The summed E-state index contributed by atoms with van der Waals surface area (Å²) in [6, 6.07) is 14.3. The van der Waals surface area contributed by atoms with Crippen LogP contribution in [-0.4, -0.2) is 30.6 Å². The summed E-state index contributed by atoms with van der Waals surface area (Å²) in [5.74, 6) is -0.282. The highest BCUT2D eigenvalue weighted by Gasteiger charge is 2.30. The molecule has 0 unspecified atom stereocenters. The van der Waals surface area contributed by atoms with Gasteiger partial charge in [-0.3, -0.25) is 0 Å². The van der Waals surface area contributed by atoms with E-state index in [-0.39, 0.29) is 11.5 Å². The molecule has 0 spiro atoms. The highest BCUT2D eigenvalue weighted by atomic mass is 16.3. The van der Waals surface area contributed by atoms with Crippen molar-refractivity contribution in [1.82, 2.24) is 0 Å². The Bertz CT molecular complexity index is 1090. The summed E-state index contributed by atoms with van der Waals surface area (Å²) in [7, 11) is 0. The molecule has 194 valence electrons. The lowest BCUT2D eigenvalue weighted by molar-refractivity contribution is 0.0653. The second kappa shape index (κ2) is 8.89. The van der Waals surface area contributed by atoms with Gasteiger partial charge in [0.15, 0.2) is 0 Å². The lowest BCUT2D eigenvalue weighted by Crippen LogP contribution is -2.21. The molecule has 0 aliphatic heterocycles. The van der Waals surface area contributed by atoms with E-state index in [1.807, 2.05) is 24.3 Å². The zero-order chi connectivity index (χ0) is 27.4. The number of phenols is 2. The van der Waals surface area contributed by atoms with Crippen molar-refractivity contribution in [1.29, 1.82) is 0 Å². The molecular weight excluding hydrogens is 456 g/mol. The van der Waals surface area contributed by atoms with E-state index in [0.717, 1.165) is 11.1 Å². The molecule has 0 aromatic heterocycles. The van der Waals surface area contributed by atoms with Crippen molar-refractivity contribution < 1.29 is 30.6 Å². The zero-order valence-electron chi connectivity index (χ0n) is 22.3. The van der Waals surface area contributed by atoms with Crippen molar-refractivity contribution in [2.45, 2.75) is 77.8 Å². The molecular formula is C30H38O6. The monoisotopic (exact) mass is 494 g/mol. The SMILES string of the molecule is CC(C)(O)c1cc(-c2ccc(-c3cc(C(C)(C)O)c(O)c(C(C)(C)O)c3)cc2)cc(C(C)(C)O)c1O. The largest absolute Gasteiger partial charge is 0.507 e. The van der Waals surface area contributed by atoms with Crippen LogP contribution >= 0.6 is 0 Å². The average Bonchev–Trinajstić information content (AvgIpc) is 2.71. The fraction of sp³-hybridized carbons (Fsp3) is 0.400. The highest BCUT2D eigenvalue weighted by Crippen LogP contribution is 2.43. The van der Waals surface area contributed by atoms with Crippen LogP contribution in [0.2, 0.25) is 0 Å². The van der Waals surface area contributed by atoms with E-state index >= 15 is 0 Å². The standard InChI is InChI=1S/C30H38O6/c1-27(2,33)21-13-19(14-22(25(21)31)28(3,4)34)17-9-11-18(12-10-17)20-15-23(29(5,6)35)26(32)24(16-20)30(7,8)36/h9-16,31-36H,1-8H3. The maximum absolute atomic E-state index is 10.7. The fourth-order valence-electron chi connectivity index (χ4n) is 4.32. The van der Waals surface area contributed by atoms with Gasteiger partial charge in [-0.1, -0.05) is 24.3 Å². The second-order valence-electron chi connectivity index (χ2n) is 11.7. The molecule has 0 aliphatic carbocycles. The smallest absolute Gasteiger partial charge is 0.127 e. The molecule has 0 atom stereocenters. The molecule has 0 heterocycles. The van der Waals surface area contributed by atoms with Gasteiger partial charge in [0.1, 0.15) is 11.5 Å². The average molecular weight is 495 g/mol. The van der Waals surface area contributed by atoms with Gasteiger partial charge in [-0.15, -0.1) is 0 Å². The van der Waals surface area contributed by atoms with Crippen molar-refractivity contribution >= 4 is 0 Å². The van der Waals surface area contributed by atoms with Crippen LogP contribution in [0.25, 0.3) is 22.3 Å². The van der Waals surface area contributed by atoms with E-state index in [1.54, 1.807) is 79.7 Å². The Labute approximate surface area is 213 Å². The van der Waals surface area contributed by atoms with Crippen molar-refractivity contribution in [2.75, 3.05) is 0 Å². The first-order chi connectivity index (χ1) is 16.2. The zero-order valence-corrected chi connectivity index (χ0v) is 22.3. The maximum atomic E-state index is 10.7. The predicted molar refractivity (Wildman–Crippen MR) is 142 cm³/mol. The van der Waals surface area contributed by atoms with Crippen LogP contribution in [0.4, 0.5) is 0 Å². The number of aliphatic hydroxyl groups is 4. The molecule has 0 amide bonds. The molecule has 0 saturated heterocycles. The van der Waals surface area contributed by atoms with E-state index in [9.17, 15) is 30.6 Å². The number of benzene rings is 3. The van der Waals surface area contributed by atoms with Crippen LogP contribution in [-0.2, 0) is 22.4 Å². The molecule has 0 bridgehead atoms. The molecule has 0 saturated carbocycles. The number of aromatic hydroxyl groups is 2. The van der Waals surface area contributed by atoms with Crippen LogP contribution in [0.1, 0.15) is 77.6 Å². The fourth-order valence-corrected chi connectivity index (χ4v) is 4.32. The Hall–Kier alpha value is -2.90. The van der Waals surface area contributed by atoms with Gasteiger partial charge in [0, 0.05) is 22.3 Å². The number of hydrogen-bond acceptors (Lipinski definition) is 6. The Balaban J connectivity index is 2.17. The third-order valence-corrected chi connectivity index (χ3v) is 6.41. The van der Waals surface area contributed by atoms with Crippen LogP contribution in [0.15, 0.2) is 48.5 Å². The first-order valence-electron chi connectivity index (χ1n) is 12.0. The molecule has 3 rings (SSSR count). The van der Waals surface area contributed by atoms with Crippen molar-refractivity contribution in [3.8, 4) is 33.8 Å². The van der Waals surface area contributed by atoms with Gasteiger partial charge in [-0.05, 0) is 102 Å². The van der Waals surface area contributed by atoms with Crippen molar-refractivity contribution in [3.05, 3.63) is 70.8 Å². The van der Waals surface area contributed by atoms with E-state index in [0.29, 0.717) is 33.4 Å². The lowest BCUT2D eigenvalue weighted by Gasteiger charge is -2.27. The first-order valence-corrected chi connectivity index (χ1v) is 12.0. The third-order valence-electron chi connectivity index (χ3n) is 6.41. The summed E-state index contributed by atoms with van der Waals surface area (Å²) >= 11 is 0. The Morgan fingerprint density at radius 2 is 0.583 bits per heavy atom. The van der Waals surface area contributed by atoms with E-state index in [2.05, 4.69) is 0 Å². The Morgan fingerprint density at radius 1 is 0.389 bits per heavy atom. The number of phenolic OH excluding ortho intramolecular Hbond substituents is 2. The third kappa shape index (κ3) is 5.57. The Kier molecular flexibility index (Phi) is 6.84. The molecule has 6 N–H and O–H groups in total. The number of rotatable bonds is 6. The summed E-state index contributed by atoms with van der Waals surface area (Å²) in [4.78, 5) is 0. The van der Waals surface area contributed by atoms with Crippen molar-refractivity contribution in [2.24, 2.45) is 0 Å². The molecule has 0 aliphatic rings. The second-order valence-corrected chi connectivity index (χ2v) is 11.7. The lowest BCUT2D eigenvalue weighted by atomic mass is 9.85. The minimum absolute atomic E-state index is 0.141. The summed E-state index contributed by atoms with van der Waals surface area (Å²) in [5.41, 5.74) is -1.02. The molecule has 36 heavy (non-hydrogen) atoms. The van der Waals surface area contributed by atoms with Gasteiger partial charge in [-0.25, -0.2) is 0 Å². The minimum atomic E-state index is -1.33. The highest BCUT2D eigenvalue weighted by molar-refractivity contribution is 5.74. The molecule has 6 nitrogen and oxygen atoms in total. The van der Waals surface area contributed by atoms with Gasteiger partial charge in [0.2, 0.25) is 0 Å². The van der Waals surface area contributed by atoms with Crippen LogP contribution in [0.3, 0.4) is 0 Å². The first kappa shape index (κ1) is 27.7. The van der Waals surface area contributed by atoms with E-state index in [4.69, 9.17) is 0 Å². The molecule has 0 radical (unpaired) electrons. The molecule has 6 heteroatoms. The number of hydrogen-bond donors (Lipinski definition) is 6. The van der Waals surface area contributed by atoms with Gasteiger partial charge in [0.05, 0.1) is 22.4 Å². The minimum Gasteiger partial charge on any atom is -0.507 e. The molecule has 3 aromatic rings. The molecule has 0 fully saturated rings. The van der Waals surface area contributed by atoms with E-state index in [1.165, 1.54) is 0 Å². The van der Waals surface area contributed by atoms with Crippen LogP contribution < -0.4 is 0 Å². The van der Waals surface area contributed by atoms with Gasteiger partial charge in [0.25, 0.3) is 0 Å². The van der Waals surface area contributed by atoms with Crippen LogP contribution in [0, 0.1) is 0 Å². The Morgan fingerprint density at radius 3 is 0.750 bits per heavy atom. The molecule has 3 aromatic carbocycles. The summed E-state index contributed by atoms with van der Waals surface area (Å²) in [5, 5.41) is 64.0. The van der Waals surface area contributed by atoms with Gasteiger partial charge >= 0.3 is 0 Å². The summed E-state index contributed by atoms with van der Waals surface area (Å²) in [6.45, 7) is 12.6. The quantitative estimate of drug-likeness (QED) is 0.275. The van der Waals surface area contributed by atoms with Crippen molar-refractivity contribution in [3.63, 3.8) is 0 Å². The van der Waals surface area contributed by atoms with Gasteiger partial charge in [-0.2, -0.15) is 0 Å². The summed E-state index contributed by atoms with van der Waals surface area (Å²) < 4.78 is 0. The van der Waals surface area contributed by atoms with E-state index < -0.39 is 22.4 Å². The van der Waals surface area contributed by atoms with Gasteiger partial charge < -0.3 is 30.6 Å². The van der Waals surface area contributed by atoms with Crippen LogP contribution in [0.5, 0.6) is 11.5 Å².